The van der Waals surface area contributed by atoms with Crippen LogP contribution in [0.25, 0.3) is 0 Å². The molecule has 0 spiro atoms. The van der Waals surface area contributed by atoms with E-state index in [9.17, 15) is 8.42 Å². The molecule has 0 aliphatic heterocycles. The number of hydrogen-bond donors (Lipinski definition) is 2. The molecular weight excluding hydrogens is 374 g/mol. The quantitative estimate of drug-likeness (QED) is 0.489. The Labute approximate surface area is 162 Å². The molecule has 8 heteroatoms. The van der Waals surface area contributed by atoms with Gasteiger partial charge in [0.15, 0.2) is 5.96 Å². The third kappa shape index (κ3) is 8.76. The zero-order valence-corrected chi connectivity index (χ0v) is 17.8. The number of aliphatic imine (C=N–C) groups is 1. The lowest BCUT2D eigenvalue weighted by molar-refractivity contribution is 0.348. The van der Waals surface area contributed by atoms with Crippen molar-refractivity contribution in [3.8, 4) is 5.75 Å². The van der Waals surface area contributed by atoms with Gasteiger partial charge in [0.1, 0.15) is 15.6 Å². The molecule has 148 valence electrons. The van der Waals surface area contributed by atoms with E-state index in [1.807, 2.05) is 26.0 Å². The van der Waals surface area contributed by atoms with Gasteiger partial charge in [-0.1, -0.05) is 31.5 Å². The number of methoxy groups -OCH3 is 1. The molecule has 1 aromatic carbocycles. The molecule has 0 fully saturated rings. The van der Waals surface area contributed by atoms with Crippen molar-refractivity contribution in [1.29, 1.82) is 0 Å². The lowest BCUT2D eigenvalue weighted by Crippen LogP contribution is -2.43. The van der Waals surface area contributed by atoms with Gasteiger partial charge in [0.05, 0.1) is 12.9 Å². The van der Waals surface area contributed by atoms with Crippen LogP contribution >= 0.6 is 11.6 Å². The van der Waals surface area contributed by atoms with E-state index in [0.29, 0.717) is 30.5 Å². The number of nitrogens with one attached hydrogen (secondary N) is 2. The molecule has 0 radical (unpaired) electrons. The second-order valence-corrected chi connectivity index (χ2v) is 9.77. The van der Waals surface area contributed by atoms with Crippen molar-refractivity contribution in [2.75, 3.05) is 39.3 Å². The van der Waals surface area contributed by atoms with Crippen LogP contribution in [0.1, 0.15) is 25.8 Å². The van der Waals surface area contributed by atoms with Gasteiger partial charge in [0, 0.05) is 31.4 Å². The molecule has 0 amide bonds. The van der Waals surface area contributed by atoms with Gasteiger partial charge in [-0.15, -0.1) is 0 Å². The average molecular weight is 404 g/mol. The monoisotopic (exact) mass is 403 g/mol. The maximum atomic E-state index is 11.3. The molecule has 1 aromatic rings. The summed E-state index contributed by atoms with van der Waals surface area (Å²) in [7, 11) is 0.368. The average Bonchev–Trinajstić information content (AvgIpc) is 2.57. The zero-order valence-electron chi connectivity index (χ0n) is 16.2. The molecule has 0 atom stereocenters. The number of guanidine groups is 1. The first-order valence-corrected chi connectivity index (χ1v) is 10.9. The number of sulfone groups is 1. The Hall–Kier alpha value is -1.47. The van der Waals surface area contributed by atoms with Crippen molar-refractivity contribution < 1.29 is 13.2 Å². The second-order valence-electron chi connectivity index (χ2n) is 7.10. The first-order valence-electron chi connectivity index (χ1n) is 8.51. The van der Waals surface area contributed by atoms with Crippen LogP contribution in [0, 0.1) is 5.41 Å². The van der Waals surface area contributed by atoms with Crippen molar-refractivity contribution in [1.82, 2.24) is 10.6 Å². The normalized spacial score (nSPS) is 12.8. The Morgan fingerprint density at radius 3 is 2.54 bits per heavy atom. The molecule has 0 saturated heterocycles. The summed E-state index contributed by atoms with van der Waals surface area (Å²) in [6.07, 6.45) is 2.61. The molecule has 2 N–H and O–H groups in total. The van der Waals surface area contributed by atoms with Crippen LogP contribution < -0.4 is 15.4 Å². The Bertz CT molecular complexity index is 718. The van der Waals surface area contributed by atoms with Gasteiger partial charge in [-0.25, -0.2) is 8.42 Å². The number of rotatable bonds is 9. The van der Waals surface area contributed by atoms with E-state index in [1.165, 1.54) is 6.26 Å². The number of nitrogens with zero attached hydrogens (tertiary/aromatic N) is 1. The fraction of sp³-hybridized carbons (Fsp3) is 0.611. The van der Waals surface area contributed by atoms with E-state index in [4.69, 9.17) is 16.3 Å². The topological polar surface area (TPSA) is 79.8 Å². The lowest BCUT2D eigenvalue weighted by Gasteiger charge is -2.25. The van der Waals surface area contributed by atoms with Crippen LogP contribution in [-0.4, -0.2) is 53.6 Å². The van der Waals surface area contributed by atoms with Crippen LogP contribution in [0.3, 0.4) is 0 Å². The molecule has 6 nitrogen and oxygen atoms in total. The van der Waals surface area contributed by atoms with Gasteiger partial charge in [0.25, 0.3) is 0 Å². The van der Waals surface area contributed by atoms with Gasteiger partial charge in [0.2, 0.25) is 0 Å². The molecule has 0 bridgehead atoms. The fourth-order valence-electron chi connectivity index (χ4n) is 2.27. The van der Waals surface area contributed by atoms with Gasteiger partial charge in [-0.3, -0.25) is 4.99 Å². The van der Waals surface area contributed by atoms with E-state index in [0.717, 1.165) is 17.7 Å². The van der Waals surface area contributed by atoms with E-state index in [2.05, 4.69) is 15.6 Å². The standard InChI is InChI=1S/C18H30ClN3O3S/c1-18(2,9-11-26(5,23)24)13-22-17(20-3)21-10-8-14-6-7-15(25-4)12-16(14)19/h6-7,12H,8-11,13H2,1-5H3,(H2,20,21,22). The Balaban J connectivity index is 2.46. The van der Waals surface area contributed by atoms with Gasteiger partial charge in [-0.05, 0) is 36.0 Å². The van der Waals surface area contributed by atoms with Crippen molar-refractivity contribution in [2.45, 2.75) is 26.7 Å². The van der Waals surface area contributed by atoms with Gasteiger partial charge >= 0.3 is 0 Å². The molecule has 0 heterocycles. The number of halogens is 1. The van der Waals surface area contributed by atoms with Crippen molar-refractivity contribution in [2.24, 2.45) is 10.4 Å². The van der Waals surface area contributed by atoms with Gasteiger partial charge in [-0.2, -0.15) is 0 Å². The van der Waals surface area contributed by atoms with Crippen molar-refractivity contribution in [3.63, 3.8) is 0 Å². The lowest BCUT2D eigenvalue weighted by atomic mass is 9.90. The Kier molecular flexibility index (Phi) is 8.70. The van der Waals surface area contributed by atoms with Gasteiger partial charge < -0.3 is 15.4 Å². The summed E-state index contributed by atoms with van der Waals surface area (Å²) < 4.78 is 27.8. The third-order valence-electron chi connectivity index (χ3n) is 4.05. The highest BCUT2D eigenvalue weighted by molar-refractivity contribution is 7.90. The SMILES string of the molecule is CN=C(NCCc1ccc(OC)cc1Cl)NCC(C)(C)CCS(C)(=O)=O. The zero-order chi connectivity index (χ0) is 19.8. The molecule has 26 heavy (non-hydrogen) atoms. The summed E-state index contributed by atoms with van der Waals surface area (Å²) in [6.45, 7) is 5.38. The molecule has 0 unspecified atom stereocenters. The maximum Gasteiger partial charge on any atom is 0.191 e. The molecule has 0 aromatic heterocycles. The smallest absolute Gasteiger partial charge is 0.191 e. The number of benzene rings is 1. The maximum absolute atomic E-state index is 11.3. The second kappa shape index (κ2) is 10.0. The Morgan fingerprint density at radius 2 is 2.00 bits per heavy atom. The molecule has 0 aliphatic carbocycles. The highest BCUT2D eigenvalue weighted by Gasteiger charge is 2.20. The minimum absolute atomic E-state index is 0.153. The molecular formula is C18H30ClN3O3S. The summed E-state index contributed by atoms with van der Waals surface area (Å²) in [4.78, 5) is 4.20. The molecule has 0 aliphatic rings. The van der Waals surface area contributed by atoms with Crippen molar-refractivity contribution >= 4 is 27.4 Å². The summed E-state index contributed by atoms with van der Waals surface area (Å²) in [5.41, 5.74) is 0.879. The van der Waals surface area contributed by atoms with Crippen LogP contribution in [0.2, 0.25) is 5.02 Å². The van der Waals surface area contributed by atoms with Crippen LogP contribution in [0.4, 0.5) is 0 Å². The van der Waals surface area contributed by atoms with Crippen LogP contribution in [0.15, 0.2) is 23.2 Å². The molecule has 1 rings (SSSR count). The largest absolute Gasteiger partial charge is 0.497 e. The summed E-state index contributed by atoms with van der Waals surface area (Å²) in [6, 6.07) is 5.64. The predicted octanol–water partition coefficient (Wildman–Crippen LogP) is 2.52. The van der Waals surface area contributed by atoms with E-state index in [-0.39, 0.29) is 11.2 Å². The van der Waals surface area contributed by atoms with Crippen molar-refractivity contribution in [3.05, 3.63) is 28.8 Å². The summed E-state index contributed by atoms with van der Waals surface area (Å²) in [5, 5.41) is 7.18. The van der Waals surface area contributed by atoms with Crippen LogP contribution in [0.5, 0.6) is 5.75 Å². The summed E-state index contributed by atoms with van der Waals surface area (Å²) in [5.74, 6) is 1.60. The summed E-state index contributed by atoms with van der Waals surface area (Å²) >= 11 is 6.25. The minimum Gasteiger partial charge on any atom is -0.497 e. The highest BCUT2D eigenvalue weighted by Crippen LogP contribution is 2.22. The van der Waals surface area contributed by atoms with E-state index >= 15 is 0 Å². The Morgan fingerprint density at radius 1 is 1.31 bits per heavy atom. The van der Waals surface area contributed by atoms with E-state index in [1.54, 1.807) is 20.2 Å². The minimum atomic E-state index is -2.95. The predicted molar refractivity (Wildman–Crippen MR) is 109 cm³/mol. The highest BCUT2D eigenvalue weighted by atomic mass is 35.5. The third-order valence-corrected chi connectivity index (χ3v) is 5.35. The number of ether oxygens (including phenoxy) is 1. The molecule has 0 saturated carbocycles. The van der Waals surface area contributed by atoms with Crippen LogP contribution in [-0.2, 0) is 16.3 Å². The first-order chi connectivity index (χ1) is 12.1. The van der Waals surface area contributed by atoms with E-state index < -0.39 is 9.84 Å². The first kappa shape index (κ1) is 22.6. The number of hydrogen-bond acceptors (Lipinski definition) is 4. The fourth-order valence-corrected chi connectivity index (χ4v) is 3.46.